The van der Waals surface area contributed by atoms with E-state index >= 15 is 0 Å². The van der Waals surface area contributed by atoms with E-state index < -0.39 is 0 Å². The molecule has 0 spiro atoms. The Morgan fingerprint density at radius 2 is 2.05 bits per heavy atom. The topological polar surface area (TPSA) is 38.8 Å². The van der Waals surface area contributed by atoms with Gasteiger partial charge in [-0.3, -0.25) is 9.69 Å². The molecule has 1 aliphatic rings. The number of carbonyl (C=O) groups is 1. The maximum absolute atomic E-state index is 10.7. The molecule has 2 rings (SSSR count). The molecule has 4 nitrogen and oxygen atoms in total. The van der Waals surface area contributed by atoms with Crippen molar-refractivity contribution in [2.45, 2.75) is 26.1 Å². The van der Waals surface area contributed by atoms with Crippen molar-refractivity contribution in [1.82, 2.24) is 4.90 Å². The minimum Gasteiger partial charge on any atom is -0.492 e. The minimum absolute atomic E-state index is 0. The van der Waals surface area contributed by atoms with Crippen molar-refractivity contribution in [3.63, 3.8) is 0 Å². The van der Waals surface area contributed by atoms with Gasteiger partial charge in [0.1, 0.15) is 18.6 Å². The molecule has 0 N–H and O–H groups in total. The van der Waals surface area contributed by atoms with Gasteiger partial charge >= 0.3 is 0 Å². The van der Waals surface area contributed by atoms with Gasteiger partial charge in [-0.2, -0.15) is 0 Å². The zero-order chi connectivity index (χ0) is 13.7. The summed E-state index contributed by atoms with van der Waals surface area (Å²) in [5.41, 5.74) is 0.645. The zero-order valence-corrected chi connectivity index (χ0v) is 12.8. The number of morpholine rings is 1. The van der Waals surface area contributed by atoms with Crippen molar-refractivity contribution in [2.75, 3.05) is 26.2 Å². The summed E-state index contributed by atoms with van der Waals surface area (Å²) in [6.45, 7) is 7.59. The van der Waals surface area contributed by atoms with Crippen LogP contribution in [-0.4, -0.2) is 49.6 Å². The van der Waals surface area contributed by atoms with E-state index in [4.69, 9.17) is 9.47 Å². The van der Waals surface area contributed by atoms with Gasteiger partial charge in [0.2, 0.25) is 0 Å². The molecule has 1 fully saturated rings. The van der Waals surface area contributed by atoms with E-state index in [1.165, 1.54) is 0 Å². The molecule has 2 atom stereocenters. The SMILES string of the molecule is CC1CN(CCOc2cccc(C=O)c2)CC(C)O1.Cl. The summed E-state index contributed by atoms with van der Waals surface area (Å²) >= 11 is 0. The lowest BCUT2D eigenvalue weighted by molar-refractivity contribution is -0.0699. The second-order valence-corrected chi connectivity index (χ2v) is 5.06. The summed E-state index contributed by atoms with van der Waals surface area (Å²) in [5.74, 6) is 0.749. The summed E-state index contributed by atoms with van der Waals surface area (Å²) in [5, 5.41) is 0. The third-order valence-electron chi connectivity index (χ3n) is 3.17. The smallest absolute Gasteiger partial charge is 0.150 e. The molecule has 0 aliphatic carbocycles. The first-order chi connectivity index (χ1) is 9.17. The lowest BCUT2D eigenvalue weighted by Gasteiger charge is -2.35. The molecule has 112 valence electrons. The van der Waals surface area contributed by atoms with Gasteiger partial charge in [-0.05, 0) is 26.0 Å². The number of carbonyl (C=O) groups excluding carboxylic acids is 1. The van der Waals surface area contributed by atoms with Crippen LogP contribution in [0.5, 0.6) is 5.75 Å². The molecule has 1 aromatic carbocycles. The van der Waals surface area contributed by atoms with Crippen LogP contribution < -0.4 is 4.74 Å². The lowest BCUT2D eigenvalue weighted by Crippen LogP contribution is -2.46. The van der Waals surface area contributed by atoms with Crippen LogP contribution in [0.3, 0.4) is 0 Å². The van der Waals surface area contributed by atoms with Crippen LogP contribution >= 0.6 is 12.4 Å². The van der Waals surface area contributed by atoms with E-state index in [9.17, 15) is 4.79 Å². The molecule has 0 saturated carbocycles. The number of rotatable bonds is 5. The van der Waals surface area contributed by atoms with Crippen LogP contribution in [0.25, 0.3) is 0 Å². The van der Waals surface area contributed by atoms with Crippen molar-refractivity contribution in [3.8, 4) is 5.75 Å². The van der Waals surface area contributed by atoms with E-state index in [1.54, 1.807) is 12.1 Å². The second kappa shape index (κ2) is 8.25. The largest absolute Gasteiger partial charge is 0.492 e. The summed E-state index contributed by atoms with van der Waals surface area (Å²) in [6.07, 6.45) is 1.39. The first-order valence-electron chi connectivity index (χ1n) is 6.73. The fourth-order valence-corrected chi connectivity index (χ4v) is 2.44. The Morgan fingerprint density at radius 3 is 2.70 bits per heavy atom. The molecule has 0 aromatic heterocycles. The lowest BCUT2D eigenvalue weighted by atomic mass is 10.2. The molecule has 1 saturated heterocycles. The van der Waals surface area contributed by atoms with Gasteiger partial charge in [0.05, 0.1) is 12.2 Å². The Kier molecular flexibility index (Phi) is 6.99. The molecule has 20 heavy (non-hydrogen) atoms. The molecule has 0 bridgehead atoms. The van der Waals surface area contributed by atoms with Crippen LogP contribution in [0.1, 0.15) is 24.2 Å². The maximum atomic E-state index is 10.7. The molecule has 1 aromatic rings. The molecular formula is C15H22ClNO3. The van der Waals surface area contributed by atoms with Gasteiger partial charge in [0, 0.05) is 25.2 Å². The van der Waals surface area contributed by atoms with Crippen molar-refractivity contribution in [2.24, 2.45) is 0 Å². The van der Waals surface area contributed by atoms with Gasteiger partial charge in [-0.1, -0.05) is 12.1 Å². The maximum Gasteiger partial charge on any atom is 0.150 e. The predicted molar refractivity (Wildman–Crippen MR) is 81.0 cm³/mol. The third kappa shape index (κ3) is 5.12. The quantitative estimate of drug-likeness (QED) is 0.783. The molecule has 1 aliphatic heterocycles. The van der Waals surface area contributed by atoms with Gasteiger partial charge in [-0.25, -0.2) is 0 Å². The summed E-state index contributed by atoms with van der Waals surface area (Å²) in [4.78, 5) is 13.0. The number of halogens is 1. The first kappa shape index (κ1) is 17.0. The average Bonchev–Trinajstić information content (AvgIpc) is 2.38. The molecule has 0 radical (unpaired) electrons. The number of aldehydes is 1. The van der Waals surface area contributed by atoms with Crippen molar-refractivity contribution < 1.29 is 14.3 Å². The fraction of sp³-hybridized carbons (Fsp3) is 0.533. The summed E-state index contributed by atoms with van der Waals surface area (Å²) in [7, 11) is 0. The van der Waals surface area contributed by atoms with Crippen LogP contribution in [0.2, 0.25) is 0 Å². The Morgan fingerprint density at radius 1 is 1.35 bits per heavy atom. The van der Waals surface area contributed by atoms with E-state index in [-0.39, 0.29) is 24.6 Å². The van der Waals surface area contributed by atoms with Crippen molar-refractivity contribution >= 4 is 18.7 Å². The summed E-state index contributed by atoms with van der Waals surface area (Å²) < 4.78 is 11.4. The second-order valence-electron chi connectivity index (χ2n) is 5.06. The number of nitrogens with zero attached hydrogens (tertiary/aromatic N) is 1. The highest BCUT2D eigenvalue weighted by molar-refractivity contribution is 5.85. The van der Waals surface area contributed by atoms with Crippen molar-refractivity contribution in [1.29, 1.82) is 0 Å². The third-order valence-corrected chi connectivity index (χ3v) is 3.17. The average molecular weight is 300 g/mol. The Balaban J connectivity index is 0.00000200. The number of hydrogen-bond donors (Lipinski definition) is 0. The molecule has 5 heteroatoms. The molecule has 0 amide bonds. The van der Waals surface area contributed by atoms with Crippen LogP contribution in [-0.2, 0) is 4.74 Å². The van der Waals surface area contributed by atoms with Gasteiger partial charge in [0.25, 0.3) is 0 Å². The van der Waals surface area contributed by atoms with Gasteiger partial charge < -0.3 is 9.47 Å². The number of ether oxygens (including phenoxy) is 2. The molecular weight excluding hydrogens is 278 g/mol. The van der Waals surface area contributed by atoms with Crippen LogP contribution in [0, 0.1) is 0 Å². The highest BCUT2D eigenvalue weighted by atomic mass is 35.5. The molecule has 1 heterocycles. The number of benzene rings is 1. The highest BCUT2D eigenvalue weighted by Gasteiger charge is 2.21. The predicted octanol–water partition coefficient (Wildman–Crippen LogP) is 2.41. The minimum atomic E-state index is 0. The van der Waals surface area contributed by atoms with Gasteiger partial charge in [0.15, 0.2) is 0 Å². The standard InChI is InChI=1S/C15H21NO3.ClH/c1-12-9-16(10-13(2)19-12)6-7-18-15-5-3-4-14(8-15)11-17;/h3-5,8,11-13H,6-7,9-10H2,1-2H3;1H. The Bertz CT molecular complexity index is 417. The highest BCUT2D eigenvalue weighted by Crippen LogP contribution is 2.13. The van der Waals surface area contributed by atoms with Crippen LogP contribution in [0.4, 0.5) is 0 Å². The van der Waals surface area contributed by atoms with Crippen molar-refractivity contribution in [3.05, 3.63) is 29.8 Å². The monoisotopic (exact) mass is 299 g/mol. The number of hydrogen-bond acceptors (Lipinski definition) is 4. The van der Waals surface area contributed by atoms with E-state index in [0.717, 1.165) is 31.7 Å². The Labute approximate surface area is 126 Å². The first-order valence-corrected chi connectivity index (χ1v) is 6.73. The Hall–Kier alpha value is -1.10. The normalized spacial score (nSPS) is 22.9. The van der Waals surface area contributed by atoms with E-state index in [0.29, 0.717) is 12.2 Å². The fourth-order valence-electron chi connectivity index (χ4n) is 2.44. The van der Waals surface area contributed by atoms with E-state index in [1.807, 2.05) is 12.1 Å². The van der Waals surface area contributed by atoms with E-state index in [2.05, 4.69) is 18.7 Å². The zero-order valence-electron chi connectivity index (χ0n) is 12.0. The van der Waals surface area contributed by atoms with Crippen LogP contribution in [0.15, 0.2) is 24.3 Å². The van der Waals surface area contributed by atoms with Gasteiger partial charge in [-0.15, -0.1) is 12.4 Å². The summed E-state index contributed by atoms with van der Waals surface area (Å²) in [6, 6.07) is 7.23. The molecule has 2 unspecified atom stereocenters.